The number of quaternary nitrogens is 1. The Bertz CT molecular complexity index is 232. The normalized spacial score (nSPS) is 30.4. The van der Waals surface area contributed by atoms with Crippen LogP contribution in [0.1, 0.15) is 6.42 Å². The molecule has 0 radical (unpaired) electrons. The molecule has 0 spiro atoms. The maximum absolute atomic E-state index is 11.1. The lowest BCUT2D eigenvalue weighted by Crippen LogP contribution is -2.93. The summed E-state index contributed by atoms with van der Waals surface area (Å²) in [4.78, 5) is 11.1. The molecule has 0 amide bonds. The average Bonchev–Trinajstić information content (AvgIpc) is 2.29. The molecule has 0 saturated heterocycles. The molecule has 0 aromatic heterocycles. The van der Waals surface area contributed by atoms with Crippen LogP contribution in [0.3, 0.4) is 0 Å². The molecule has 0 bridgehead atoms. The molecule has 0 aromatic rings. The largest absolute Gasteiger partial charge is 0.441 e. The molecule has 0 fully saturated rings. The van der Waals surface area contributed by atoms with Gasteiger partial charge in [-0.2, -0.15) is 0 Å². The fraction of sp³-hybridized carbons (Fsp3) is 0.250. The fourth-order valence-corrected chi connectivity index (χ4v) is 1.05. The van der Waals surface area contributed by atoms with Crippen LogP contribution in [0.4, 0.5) is 0 Å². The van der Waals surface area contributed by atoms with E-state index >= 15 is 0 Å². The second-order valence-electron chi connectivity index (χ2n) is 2.55. The second kappa shape index (κ2) is 2.60. The van der Waals surface area contributed by atoms with E-state index in [1.165, 1.54) is 11.4 Å². The van der Waals surface area contributed by atoms with E-state index in [-0.39, 0.29) is 12.2 Å². The molecule has 3 nitrogen and oxygen atoms in total. The third kappa shape index (κ3) is 1.25. The zero-order valence-corrected chi connectivity index (χ0v) is 6.21. The number of nitrogens with two attached hydrogens (primary N) is 1. The molecular formula is C8H11NO2. The maximum Gasteiger partial charge on any atom is 0.254 e. The Hall–Kier alpha value is -0.930. The lowest BCUT2D eigenvalue weighted by molar-refractivity contribution is -0.688. The van der Waals surface area contributed by atoms with Gasteiger partial charge >= 0.3 is 0 Å². The first-order valence-electron chi connectivity index (χ1n) is 3.36. The SMILES string of the molecule is C=CC1=C[C@@](O)([NH2+][CH2-])C(=O)C1. The number of allylic oxidation sites excluding steroid dienone is 2. The number of aliphatic hydroxyl groups is 1. The number of rotatable bonds is 2. The van der Waals surface area contributed by atoms with Crippen LogP contribution in [0.15, 0.2) is 24.3 Å². The van der Waals surface area contributed by atoms with Crippen molar-refractivity contribution in [3.63, 3.8) is 0 Å². The van der Waals surface area contributed by atoms with Gasteiger partial charge in [-0.3, -0.25) is 4.79 Å². The van der Waals surface area contributed by atoms with E-state index in [4.69, 9.17) is 0 Å². The van der Waals surface area contributed by atoms with Crippen molar-refractivity contribution < 1.29 is 15.2 Å². The number of carbonyl (C=O) groups is 1. The van der Waals surface area contributed by atoms with Crippen molar-refractivity contribution in [3.05, 3.63) is 31.4 Å². The van der Waals surface area contributed by atoms with Gasteiger partial charge in [0.2, 0.25) is 5.78 Å². The summed E-state index contributed by atoms with van der Waals surface area (Å²) in [6.07, 6.45) is 3.31. The highest BCUT2D eigenvalue weighted by molar-refractivity contribution is 5.92. The third-order valence-corrected chi connectivity index (χ3v) is 1.79. The topological polar surface area (TPSA) is 53.9 Å². The molecule has 3 N–H and O–H groups in total. The summed E-state index contributed by atoms with van der Waals surface area (Å²) in [5.41, 5.74) is -0.679. The van der Waals surface area contributed by atoms with Crippen LogP contribution in [-0.4, -0.2) is 16.6 Å². The molecule has 1 aliphatic rings. The van der Waals surface area contributed by atoms with Crippen molar-refractivity contribution >= 4 is 5.78 Å². The van der Waals surface area contributed by atoms with Crippen molar-refractivity contribution in [1.82, 2.24) is 0 Å². The number of carbonyl (C=O) groups excluding carboxylic acids is 1. The zero-order valence-electron chi connectivity index (χ0n) is 6.21. The number of hydrogen-bond donors (Lipinski definition) is 2. The molecular weight excluding hydrogens is 142 g/mol. The first kappa shape index (κ1) is 8.17. The maximum atomic E-state index is 11.1. The Morgan fingerprint density at radius 3 is 2.82 bits per heavy atom. The van der Waals surface area contributed by atoms with Crippen molar-refractivity contribution in [2.45, 2.75) is 12.1 Å². The highest BCUT2D eigenvalue weighted by atomic mass is 16.3. The van der Waals surface area contributed by atoms with Gasteiger partial charge in [-0.25, -0.2) is 0 Å². The molecule has 0 aromatic carbocycles. The minimum atomic E-state index is -1.44. The summed E-state index contributed by atoms with van der Waals surface area (Å²) in [6.45, 7) is 3.51. The molecule has 60 valence electrons. The molecule has 0 heterocycles. The molecule has 3 heteroatoms. The van der Waals surface area contributed by atoms with E-state index in [0.29, 0.717) is 0 Å². The van der Waals surface area contributed by atoms with E-state index in [1.807, 2.05) is 0 Å². The zero-order chi connectivity index (χ0) is 8.48. The highest BCUT2D eigenvalue weighted by Crippen LogP contribution is 2.19. The lowest BCUT2D eigenvalue weighted by Gasteiger charge is -2.16. The highest BCUT2D eigenvalue weighted by Gasteiger charge is 2.39. The van der Waals surface area contributed by atoms with Crippen LogP contribution < -0.4 is 5.32 Å². The van der Waals surface area contributed by atoms with E-state index in [1.54, 1.807) is 6.08 Å². The minimum absolute atomic E-state index is 0.234. The van der Waals surface area contributed by atoms with Crippen molar-refractivity contribution in [2.75, 3.05) is 0 Å². The Morgan fingerprint density at radius 2 is 2.55 bits per heavy atom. The Morgan fingerprint density at radius 1 is 1.91 bits per heavy atom. The Balaban J connectivity index is 2.91. The summed E-state index contributed by atoms with van der Waals surface area (Å²) in [5, 5.41) is 10.7. The van der Waals surface area contributed by atoms with Gasteiger partial charge in [0.1, 0.15) is 0 Å². The monoisotopic (exact) mass is 153 g/mol. The predicted molar refractivity (Wildman–Crippen MR) is 40.1 cm³/mol. The van der Waals surface area contributed by atoms with Crippen LogP contribution >= 0.6 is 0 Å². The molecule has 0 unspecified atom stereocenters. The van der Waals surface area contributed by atoms with Gasteiger partial charge in [0.15, 0.2) is 0 Å². The molecule has 1 atom stereocenters. The van der Waals surface area contributed by atoms with Crippen molar-refractivity contribution in [1.29, 1.82) is 0 Å². The predicted octanol–water partition coefficient (Wildman–Crippen LogP) is -0.885. The smallest absolute Gasteiger partial charge is 0.254 e. The van der Waals surface area contributed by atoms with E-state index in [2.05, 4.69) is 13.6 Å². The quantitative estimate of drug-likeness (QED) is 0.399. The van der Waals surface area contributed by atoms with Crippen LogP contribution in [0.5, 0.6) is 0 Å². The number of hydrogen-bond acceptors (Lipinski definition) is 2. The average molecular weight is 153 g/mol. The number of ketones is 1. The van der Waals surface area contributed by atoms with E-state index in [9.17, 15) is 9.90 Å². The molecule has 0 saturated carbocycles. The van der Waals surface area contributed by atoms with Crippen molar-refractivity contribution in [3.8, 4) is 0 Å². The van der Waals surface area contributed by atoms with Gasteiger partial charge in [-0.1, -0.05) is 12.7 Å². The van der Waals surface area contributed by atoms with Crippen LogP contribution in [0, 0.1) is 7.05 Å². The second-order valence-corrected chi connectivity index (χ2v) is 2.55. The van der Waals surface area contributed by atoms with Crippen LogP contribution in [-0.2, 0) is 4.79 Å². The first-order valence-corrected chi connectivity index (χ1v) is 3.36. The van der Waals surface area contributed by atoms with E-state index in [0.717, 1.165) is 5.57 Å². The minimum Gasteiger partial charge on any atom is -0.441 e. The summed E-state index contributed by atoms with van der Waals surface area (Å²) in [6, 6.07) is 0. The fourth-order valence-electron chi connectivity index (χ4n) is 1.05. The van der Waals surface area contributed by atoms with E-state index < -0.39 is 5.72 Å². The lowest BCUT2D eigenvalue weighted by atomic mass is 10.2. The first-order chi connectivity index (χ1) is 5.12. The molecule has 1 aliphatic carbocycles. The standard InChI is InChI=1S/C8H11NO2/c1-3-6-4-7(10)8(11,5-6)9-2/h3,5,11H,1-2,4,9H2/t8-/m0/s1. The third-order valence-electron chi connectivity index (χ3n) is 1.79. The summed E-state index contributed by atoms with van der Waals surface area (Å²) in [7, 11) is 3.38. The van der Waals surface area contributed by atoms with Gasteiger partial charge in [0.25, 0.3) is 5.72 Å². The van der Waals surface area contributed by atoms with Gasteiger partial charge in [0, 0.05) is 12.5 Å². The molecule has 0 aliphatic heterocycles. The van der Waals surface area contributed by atoms with Gasteiger partial charge in [-0.15, -0.1) is 7.05 Å². The molecule has 1 rings (SSSR count). The summed E-state index contributed by atoms with van der Waals surface area (Å²) >= 11 is 0. The summed E-state index contributed by atoms with van der Waals surface area (Å²) < 4.78 is 0. The van der Waals surface area contributed by atoms with Crippen LogP contribution in [0.25, 0.3) is 0 Å². The Kier molecular flexibility index (Phi) is 1.93. The number of Topliss-reactive ketones (excluding diaryl/α,β-unsaturated/α-hetero) is 1. The summed E-state index contributed by atoms with van der Waals surface area (Å²) in [5.74, 6) is -0.234. The van der Waals surface area contributed by atoms with Gasteiger partial charge < -0.3 is 10.4 Å². The molecule has 11 heavy (non-hydrogen) atoms. The van der Waals surface area contributed by atoms with Crippen molar-refractivity contribution in [2.24, 2.45) is 0 Å². The van der Waals surface area contributed by atoms with Gasteiger partial charge in [0.05, 0.1) is 0 Å². The van der Waals surface area contributed by atoms with Gasteiger partial charge in [-0.05, 0) is 5.57 Å². The van der Waals surface area contributed by atoms with Crippen LogP contribution in [0.2, 0.25) is 0 Å². The Labute approximate surface area is 65.4 Å².